The highest BCUT2D eigenvalue weighted by molar-refractivity contribution is 5.85. The molecule has 4 heteroatoms. The standard InChI is InChI=1S/C15H28N2O.ClH/c1-7-16-8-2-14(1)3-9-17-10-4-15(13-17)5-11-18-12-6-15;/h14,16H,1-13H2;1H. The fourth-order valence-electron chi connectivity index (χ4n) is 3.97. The molecule has 3 saturated heterocycles. The molecule has 3 aliphatic rings. The summed E-state index contributed by atoms with van der Waals surface area (Å²) in [5.74, 6) is 0.984. The van der Waals surface area contributed by atoms with Gasteiger partial charge in [-0.2, -0.15) is 0 Å². The van der Waals surface area contributed by atoms with Gasteiger partial charge in [0.25, 0.3) is 0 Å². The van der Waals surface area contributed by atoms with E-state index in [0.717, 1.165) is 19.1 Å². The second kappa shape index (κ2) is 7.26. The van der Waals surface area contributed by atoms with E-state index in [1.165, 1.54) is 71.2 Å². The first-order valence-corrected chi connectivity index (χ1v) is 7.87. The van der Waals surface area contributed by atoms with Crippen LogP contribution < -0.4 is 5.32 Å². The second-order valence-corrected chi connectivity index (χ2v) is 6.62. The molecule has 112 valence electrons. The third kappa shape index (κ3) is 4.07. The Hall–Kier alpha value is 0.170. The molecule has 1 spiro atoms. The van der Waals surface area contributed by atoms with Gasteiger partial charge in [-0.3, -0.25) is 0 Å². The maximum Gasteiger partial charge on any atom is 0.0471 e. The minimum absolute atomic E-state index is 0. The van der Waals surface area contributed by atoms with Gasteiger partial charge < -0.3 is 15.0 Å². The van der Waals surface area contributed by atoms with Gasteiger partial charge in [-0.05, 0) is 76.0 Å². The van der Waals surface area contributed by atoms with Crippen LogP contribution in [0.25, 0.3) is 0 Å². The van der Waals surface area contributed by atoms with E-state index in [1.54, 1.807) is 0 Å². The average molecular weight is 289 g/mol. The Morgan fingerprint density at radius 3 is 2.58 bits per heavy atom. The minimum atomic E-state index is 0. The molecular formula is C15H29ClN2O. The topological polar surface area (TPSA) is 24.5 Å². The lowest BCUT2D eigenvalue weighted by Gasteiger charge is -2.33. The van der Waals surface area contributed by atoms with Gasteiger partial charge in [-0.15, -0.1) is 12.4 Å². The van der Waals surface area contributed by atoms with Crippen molar-refractivity contribution in [1.82, 2.24) is 10.2 Å². The van der Waals surface area contributed by atoms with Crippen LogP contribution in [0.5, 0.6) is 0 Å². The van der Waals surface area contributed by atoms with E-state index in [0.29, 0.717) is 5.41 Å². The number of nitrogens with one attached hydrogen (secondary N) is 1. The third-order valence-corrected chi connectivity index (χ3v) is 5.38. The number of ether oxygens (including phenoxy) is 1. The van der Waals surface area contributed by atoms with Crippen molar-refractivity contribution < 1.29 is 4.74 Å². The van der Waals surface area contributed by atoms with Gasteiger partial charge in [0.2, 0.25) is 0 Å². The highest BCUT2D eigenvalue weighted by atomic mass is 35.5. The van der Waals surface area contributed by atoms with E-state index in [1.807, 2.05) is 0 Å². The van der Waals surface area contributed by atoms with E-state index in [2.05, 4.69) is 10.2 Å². The molecule has 3 heterocycles. The Morgan fingerprint density at radius 1 is 1.11 bits per heavy atom. The Balaban J connectivity index is 0.00000133. The lowest BCUT2D eigenvalue weighted by Crippen LogP contribution is -2.34. The maximum absolute atomic E-state index is 5.52. The number of hydrogen-bond donors (Lipinski definition) is 1. The Kier molecular flexibility index (Phi) is 5.94. The quantitative estimate of drug-likeness (QED) is 0.862. The van der Waals surface area contributed by atoms with Crippen LogP contribution in [0.4, 0.5) is 0 Å². The maximum atomic E-state index is 5.52. The molecule has 0 aromatic rings. The van der Waals surface area contributed by atoms with Gasteiger partial charge in [0.1, 0.15) is 0 Å². The molecule has 0 aromatic heterocycles. The molecular weight excluding hydrogens is 260 g/mol. The zero-order valence-electron chi connectivity index (χ0n) is 12.0. The molecule has 3 nitrogen and oxygen atoms in total. The summed E-state index contributed by atoms with van der Waals surface area (Å²) in [6, 6.07) is 0. The SMILES string of the molecule is C1CC(CCN2CCC3(CCOCC3)C2)CCN1.Cl. The number of nitrogens with zero attached hydrogens (tertiary/aromatic N) is 1. The first-order valence-electron chi connectivity index (χ1n) is 7.87. The Morgan fingerprint density at radius 2 is 1.84 bits per heavy atom. The van der Waals surface area contributed by atoms with Crippen LogP contribution >= 0.6 is 12.4 Å². The van der Waals surface area contributed by atoms with Crippen LogP contribution in [0, 0.1) is 11.3 Å². The fourth-order valence-corrected chi connectivity index (χ4v) is 3.97. The van der Waals surface area contributed by atoms with E-state index < -0.39 is 0 Å². The molecule has 0 amide bonds. The summed E-state index contributed by atoms with van der Waals surface area (Å²) in [7, 11) is 0. The summed E-state index contributed by atoms with van der Waals surface area (Å²) in [6.45, 7) is 8.52. The zero-order valence-corrected chi connectivity index (χ0v) is 12.8. The fraction of sp³-hybridized carbons (Fsp3) is 1.00. The molecule has 0 saturated carbocycles. The molecule has 0 unspecified atom stereocenters. The summed E-state index contributed by atoms with van der Waals surface area (Å²) in [6.07, 6.45) is 8.24. The van der Waals surface area contributed by atoms with Crippen LogP contribution in [0.1, 0.15) is 38.5 Å². The molecule has 0 bridgehead atoms. The van der Waals surface area contributed by atoms with Crippen LogP contribution in [0.15, 0.2) is 0 Å². The second-order valence-electron chi connectivity index (χ2n) is 6.62. The van der Waals surface area contributed by atoms with Gasteiger partial charge >= 0.3 is 0 Å². The number of piperidine rings is 1. The lowest BCUT2D eigenvalue weighted by molar-refractivity contribution is 0.0191. The number of halogens is 1. The molecule has 3 fully saturated rings. The summed E-state index contributed by atoms with van der Waals surface area (Å²) in [5, 5.41) is 3.46. The van der Waals surface area contributed by atoms with Crippen LogP contribution in [0.2, 0.25) is 0 Å². The molecule has 0 radical (unpaired) electrons. The smallest absolute Gasteiger partial charge is 0.0471 e. The van der Waals surface area contributed by atoms with E-state index >= 15 is 0 Å². The first-order chi connectivity index (χ1) is 8.86. The normalized spacial score (nSPS) is 28.4. The monoisotopic (exact) mass is 288 g/mol. The van der Waals surface area contributed by atoms with Crippen molar-refractivity contribution in [2.45, 2.75) is 38.5 Å². The number of rotatable bonds is 3. The lowest BCUT2D eigenvalue weighted by atomic mass is 9.80. The summed E-state index contributed by atoms with van der Waals surface area (Å²) in [4.78, 5) is 2.73. The summed E-state index contributed by atoms with van der Waals surface area (Å²) >= 11 is 0. The Bertz CT molecular complexity index is 263. The highest BCUT2D eigenvalue weighted by Crippen LogP contribution is 2.39. The summed E-state index contributed by atoms with van der Waals surface area (Å²) < 4.78 is 5.52. The predicted octanol–water partition coefficient (Wildman–Crippen LogP) is 2.30. The van der Waals surface area contributed by atoms with Crippen LogP contribution in [-0.2, 0) is 4.74 Å². The van der Waals surface area contributed by atoms with Crippen molar-refractivity contribution in [3.8, 4) is 0 Å². The van der Waals surface area contributed by atoms with Gasteiger partial charge in [0.15, 0.2) is 0 Å². The third-order valence-electron chi connectivity index (χ3n) is 5.38. The molecule has 0 aromatic carbocycles. The van der Waals surface area contributed by atoms with E-state index in [-0.39, 0.29) is 12.4 Å². The van der Waals surface area contributed by atoms with Crippen LogP contribution in [0.3, 0.4) is 0 Å². The molecule has 1 N–H and O–H groups in total. The van der Waals surface area contributed by atoms with E-state index in [4.69, 9.17) is 4.74 Å². The molecule has 3 rings (SSSR count). The van der Waals surface area contributed by atoms with Crippen molar-refractivity contribution in [1.29, 1.82) is 0 Å². The first kappa shape index (κ1) is 15.6. The van der Waals surface area contributed by atoms with Crippen LogP contribution in [-0.4, -0.2) is 50.8 Å². The Labute approximate surface area is 123 Å². The van der Waals surface area contributed by atoms with Crippen molar-refractivity contribution in [2.24, 2.45) is 11.3 Å². The van der Waals surface area contributed by atoms with Crippen molar-refractivity contribution in [3.05, 3.63) is 0 Å². The minimum Gasteiger partial charge on any atom is -0.381 e. The van der Waals surface area contributed by atoms with Gasteiger partial charge in [0, 0.05) is 19.8 Å². The number of likely N-dealkylation sites (tertiary alicyclic amines) is 1. The van der Waals surface area contributed by atoms with Gasteiger partial charge in [-0.1, -0.05) is 0 Å². The van der Waals surface area contributed by atoms with Crippen molar-refractivity contribution >= 4 is 12.4 Å². The highest BCUT2D eigenvalue weighted by Gasteiger charge is 2.39. The van der Waals surface area contributed by atoms with Gasteiger partial charge in [0.05, 0.1) is 0 Å². The van der Waals surface area contributed by atoms with Gasteiger partial charge in [-0.25, -0.2) is 0 Å². The van der Waals surface area contributed by atoms with E-state index in [9.17, 15) is 0 Å². The summed E-state index contributed by atoms with van der Waals surface area (Å²) in [5.41, 5.74) is 0.631. The average Bonchev–Trinajstić information content (AvgIpc) is 2.82. The largest absolute Gasteiger partial charge is 0.381 e. The van der Waals surface area contributed by atoms with Crippen molar-refractivity contribution in [3.63, 3.8) is 0 Å². The predicted molar refractivity (Wildman–Crippen MR) is 81.0 cm³/mol. The molecule has 3 aliphatic heterocycles. The molecule has 0 aliphatic carbocycles. The molecule has 0 atom stereocenters. The number of hydrogen-bond acceptors (Lipinski definition) is 3. The molecule has 19 heavy (non-hydrogen) atoms. The van der Waals surface area contributed by atoms with Crippen molar-refractivity contribution in [2.75, 3.05) is 45.9 Å². The zero-order chi connectivity index (χ0) is 12.3.